The van der Waals surface area contributed by atoms with Crippen LogP contribution in [0.2, 0.25) is 10.0 Å². The van der Waals surface area contributed by atoms with Crippen molar-refractivity contribution in [2.45, 2.75) is 4.90 Å². The number of hydrogen-bond donors (Lipinski definition) is 3. The molecule has 0 saturated carbocycles. The van der Waals surface area contributed by atoms with Gasteiger partial charge in [-0.05, 0) is 47.5 Å². The van der Waals surface area contributed by atoms with Gasteiger partial charge in [0.2, 0.25) is 0 Å². The Morgan fingerprint density at radius 2 is 1.61 bits per heavy atom. The van der Waals surface area contributed by atoms with Gasteiger partial charge in [0.05, 0.1) is 20.6 Å². The number of aromatic carboxylic acids is 1. The molecule has 0 aliphatic carbocycles. The predicted molar refractivity (Wildman–Crippen MR) is 108 cm³/mol. The van der Waals surface area contributed by atoms with E-state index in [0.29, 0.717) is 21.2 Å². The Morgan fingerprint density at radius 3 is 2.25 bits per heavy atom. The molecular formula is C19H13Cl2NO5S. The van der Waals surface area contributed by atoms with Crippen LogP contribution in [0.15, 0.2) is 65.6 Å². The van der Waals surface area contributed by atoms with Crippen molar-refractivity contribution in [3.63, 3.8) is 0 Å². The summed E-state index contributed by atoms with van der Waals surface area (Å²) in [6, 6.07) is 14.5. The standard InChI is InChI=1S/C19H13Cl2NO5S/c20-16-7-4-12(9-17(16)21)11-2-1-3-14(8-11)28(26,27)22-13-5-6-15(19(24)25)18(23)10-13/h1-10,22-23H,(H,24,25). The van der Waals surface area contributed by atoms with E-state index < -0.39 is 21.7 Å². The monoisotopic (exact) mass is 437 g/mol. The molecule has 0 radical (unpaired) electrons. The van der Waals surface area contributed by atoms with Gasteiger partial charge in [-0.25, -0.2) is 13.2 Å². The molecule has 28 heavy (non-hydrogen) atoms. The van der Waals surface area contributed by atoms with Crippen molar-refractivity contribution in [3.05, 3.63) is 76.3 Å². The number of anilines is 1. The van der Waals surface area contributed by atoms with Crippen molar-refractivity contribution in [2.75, 3.05) is 4.72 Å². The van der Waals surface area contributed by atoms with E-state index in [1.807, 2.05) is 0 Å². The van der Waals surface area contributed by atoms with Crippen molar-refractivity contribution in [1.82, 2.24) is 0 Å². The number of rotatable bonds is 5. The molecule has 0 bridgehead atoms. The first-order valence-electron chi connectivity index (χ1n) is 7.82. The lowest BCUT2D eigenvalue weighted by molar-refractivity contribution is 0.0694. The SMILES string of the molecule is O=C(O)c1ccc(NS(=O)(=O)c2cccc(-c3ccc(Cl)c(Cl)c3)c2)cc1O. The van der Waals surface area contributed by atoms with Gasteiger partial charge >= 0.3 is 5.97 Å². The molecule has 3 aromatic carbocycles. The van der Waals surface area contributed by atoms with Crippen molar-refractivity contribution < 1.29 is 23.4 Å². The first kappa shape index (κ1) is 20.0. The lowest BCUT2D eigenvalue weighted by Crippen LogP contribution is -2.13. The molecule has 144 valence electrons. The van der Waals surface area contributed by atoms with Gasteiger partial charge in [0.1, 0.15) is 11.3 Å². The van der Waals surface area contributed by atoms with Crippen LogP contribution in [0.3, 0.4) is 0 Å². The molecule has 0 unspecified atom stereocenters. The number of sulfonamides is 1. The fourth-order valence-electron chi connectivity index (χ4n) is 2.51. The van der Waals surface area contributed by atoms with E-state index in [0.717, 1.165) is 12.1 Å². The summed E-state index contributed by atoms with van der Waals surface area (Å²) in [5.74, 6) is -1.86. The first-order valence-corrected chi connectivity index (χ1v) is 10.1. The maximum atomic E-state index is 12.7. The van der Waals surface area contributed by atoms with Crippen LogP contribution < -0.4 is 4.72 Å². The molecule has 3 N–H and O–H groups in total. The van der Waals surface area contributed by atoms with Crippen molar-refractivity contribution in [1.29, 1.82) is 0 Å². The Balaban J connectivity index is 1.93. The average Bonchev–Trinajstić information content (AvgIpc) is 2.63. The molecule has 0 spiro atoms. The van der Waals surface area contributed by atoms with Crippen molar-refractivity contribution in [2.24, 2.45) is 0 Å². The Labute approximate surface area is 171 Å². The maximum absolute atomic E-state index is 12.7. The number of halogens is 2. The lowest BCUT2D eigenvalue weighted by Gasteiger charge is -2.11. The molecule has 0 aliphatic rings. The highest BCUT2D eigenvalue weighted by atomic mass is 35.5. The van der Waals surface area contributed by atoms with Crippen LogP contribution in [0.4, 0.5) is 5.69 Å². The molecule has 0 amide bonds. The topological polar surface area (TPSA) is 104 Å². The Morgan fingerprint density at radius 1 is 0.893 bits per heavy atom. The fraction of sp³-hybridized carbons (Fsp3) is 0. The van der Waals surface area contributed by atoms with Crippen LogP contribution in [0.1, 0.15) is 10.4 Å². The zero-order chi connectivity index (χ0) is 20.5. The molecule has 0 heterocycles. The maximum Gasteiger partial charge on any atom is 0.339 e. The van der Waals surface area contributed by atoms with Crippen LogP contribution >= 0.6 is 23.2 Å². The Bertz CT molecular complexity index is 1180. The molecule has 9 heteroatoms. The fourth-order valence-corrected chi connectivity index (χ4v) is 3.90. The molecule has 6 nitrogen and oxygen atoms in total. The largest absolute Gasteiger partial charge is 0.507 e. The van der Waals surface area contributed by atoms with Crippen molar-refractivity contribution >= 4 is 44.9 Å². The van der Waals surface area contributed by atoms with E-state index in [1.165, 1.54) is 18.2 Å². The van der Waals surface area contributed by atoms with Gasteiger partial charge in [0.25, 0.3) is 10.0 Å². The minimum atomic E-state index is -3.98. The molecule has 3 aromatic rings. The van der Waals surface area contributed by atoms with Gasteiger partial charge in [-0.15, -0.1) is 0 Å². The zero-order valence-corrected chi connectivity index (χ0v) is 16.4. The average molecular weight is 438 g/mol. The van der Waals surface area contributed by atoms with Gasteiger partial charge in [-0.2, -0.15) is 0 Å². The van der Waals surface area contributed by atoms with Crippen LogP contribution in [0.25, 0.3) is 11.1 Å². The van der Waals surface area contributed by atoms with Crippen LogP contribution in [-0.4, -0.2) is 24.6 Å². The third-order valence-electron chi connectivity index (χ3n) is 3.88. The number of carboxylic acid groups (broad SMARTS) is 1. The van der Waals surface area contributed by atoms with E-state index in [4.69, 9.17) is 28.3 Å². The quantitative estimate of drug-likeness (QED) is 0.528. The molecular weight excluding hydrogens is 425 g/mol. The summed E-state index contributed by atoms with van der Waals surface area (Å²) in [5, 5.41) is 19.4. The number of nitrogens with one attached hydrogen (secondary N) is 1. The predicted octanol–water partition coefficient (Wildman–Crippen LogP) is 4.87. The van der Waals surface area contributed by atoms with Gasteiger partial charge in [-0.3, -0.25) is 4.72 Å². The second-order valence-corrected chi connectivity index (χ2v) is 8.30. The van der Waals surface area contributed by atoms with E-state index in [-0.39, 0.29) is 16.1 Å². The smallest absolute Gasteiger partial charge is 0.339 e. The number of carbonyl (C=O) groups is 1. The second-order valence-electron chi connectivity index (χ2n) is 5.80. The molecule has 0 atom stereocenters. The highest BCUT2D eigenvalue weighted by Crippen LogP contribution is 2.30. The summed E-state index contributed by atoms with van der Waals surface area (Å²) >= 11 is 11.9. The number of carboxylic acids is 1. The van der Waals surface area contributed by atoms with E-state index in [1.54, 1.807) is 30.3 Å². The molecule has 0 aliphatic heterocycles. The third-order valence-corrected chi connectivity index (χ3v) is 6.00. The normalized spacial score (nSPS) is 11.2. The summed E-state index contributed by atoms with van der Waals surface area (Å²) in [4.78, 5) is 10.9. The third kappa shape index (κ3) is 4.22. The molecule has 3 rings (SSSR count). The van der Waals surface area contributed by atoms with Gasteiger partial charge in [-0.1, -0.05) is 41.4 Å². The van der Waals surface area contributed by atoms with Crippen LogP contribution in [0, 0.1) is 0 Å². The number of hydrogen-bond acceptors (Lipinski definition) is 4. The molecule has 0 saturated heterocycles. The second kappa shape index (κ2) is 7.71. The zero-order valence-electron chi connectivity index (χ0n) is 14.1. The summed E-state index contributed by atoms with van der Waals surface area (Å²) in [5.41, 5.74) is 1.01. The van der Waals surface area contributed by atoms with Gasteiger partial charge in [0, 0.05) is 6.07 Å². The van der Waals surface area contributed by atoms with Crippen LogP contribution in [0.5, 0.6) is 5.75 Å². The Kier molecular flexibility index (Phi) is 5.51. The van der Waals surface area contributed by atoms with E-state index in [2.05, 4.69) is 4.72 Å². The Hall–Kier alpha value is -2.74. The number of aromatic hydroxyl groups is 1. The van der Waals surface area contributed by atoms with Gasteiger partial charge < -0.3 is 10.2 Å². The van der Waals surface area contributed by atoms with Gasteiger partial charge in [0.15, 0.2) is 0 Å². The first-order chi connectivity index (χ1) is 13.2. The van der Waals surface area contributed by atoms with Crippen molar-refractivity contribution in [3.8, 4) is 16.9 Å². The molecule has 0 fully saturated rings. The lowest BCUT2D eigenvalue weighted by atomic mass is 10.1. The molecule has 0 aromatic heterocycles. The van der Waals surface area contributed by atoms with E-state index >= 15 is 0 Å². The summed E-state index contributed by atoms with van der Waals surface area (Å²) < 4.78 is 27.7. The highest BCUT2D eigenvalue weighted by molar-refractivity contribution is 7.92. The van der Waals surface area contributed by atoms with E-state index in [9.17, 15) is 18.3 Å². The highest BCUT2D eigenvalue weighted by Gasteiger charge is 2.17. The minimum Gasteiger partial charge on any atom is -0.507 e. The summed E-state index contributed by atoms with van der Waals surface area (Å²) in [6.07, 6.45) is 0. The number of benzene rings is 3. The summed E-state index contributed by atoms with van der Waals surface area (Å²) in [7, 11) is -3.98. The number of phenols is 1. The van der Waals surface area contributed by atoms with Crippen LogP contribution in [-0.2, 0) is 10.0 Å². The summed E-state index contributed by atoms with van der Waals surface area (Å²) in [6.45, 7) is 0. The minimum absolute atomic E-state index is 0.0159.